The van der Waals surface area contributed by atoms with E-state index in [9.17, 15) is 27.9 Å². The van der Waals surface area contributed by atoms with E-state index in [1.54, 1.807) is 0 Å². The molecule has 0 unspecified atom stereocenters. The summed E-state index contributed by atoms with van der Waals surface area (Å²) in [7, 11) is 0. The fraction of sp³-hybridized carbons (Fsp3) is 0.211. The van der Waals surface area contributed by atoms with Gasteiger partial charge in [-0.2, -0.15) is 18.3 Å². The van der Waals surface area contributed by atoms with Crippen molar-refractivity contribution in [3.63, 3.8) is 0 Å². The zero-order valence-corrected chi connectivity index (χ0v) is 15.0. The van der Waals surface area contributed by atoms with Crippen LogP contribution in [0.4, 0.5) is 18.9 Å². The second-order valence-electron chi connectivity index (χ2n) is 6.25. The monoisotopic (exact) mass is 406 g/mol. The van der Waals surface area contributed by atoms with E-state index in [1.807, 2.05) is 0 Å². The lowest BCUT2D eigenvalue weighted by Crippen LogP contribution is -2.39. The molecule has 0 fully saturated rings. The Balaban J connectivity index is 1.56. The fourth-order valence-electron chi connectivity index (χ4n) is 2.69. The van der Waals surface area contributed by atoms with Crippen molar-refractivity contribution in [2.24, 2.45) is 5.10 Å². The first-order valence-electron chi connectivity index (χ1n) is 8.62. The minimum absolute atomic E-state index is 0.0721. The number of aromatic hydroxyl groups is 1. The SMILES string of the molecule is O=C(CNC(=O)c1cccc(O)c1)NC1=NN(c2cccc(C(F)(F)F)c2)CC1. The van der Waals surface area contributed by atoms with E-state index in [2.05, 4.69) is 15.7 Å². The van der Waals surface area contributed by atoms with Gasteiger partial charge in [0, 0.05) is 18.5 Å². The van der Waals surface area contributed by atoms with Crippen molar-refractivity contribution in [3.05, 3.63) is 59.7 Å². The molecule has 0 bridgehead atoms. The second kappa shape index (κ2) is 8.21. The number of hydrogen-bond acceptors (Lipinski definition) is 5. The molecule has 0 aliphatic carbocycles. The van der Waals surface area contributed by atoms with Gasteiger partial charge in [0.15, 0.2) is 0 Å². The van der Waals surface area contributed by atoms with Gasteiger partial charge in [0.25, 0.3) is 5.91 Å². The predicted octanol–water partition coefficient (Wildman–Crippen LogP) is 2.48. The number of halogens is 3. The maximum Gasteiger partial charge on any atom is 0.416 e. The number of hydrogen-bond donors (Lipinski definition) is 3. The van der Waals surface area contributed by atoms with Gasteiger partial charge < -0.3 is 15.7 Å². The second-order valence-corrected chi connectivity index (χ2v) is 6.25. The van der Waals surface area contributed by atoms with Gasteiger partial charge in [-0.05, 0) is 36.4 Å². The molecule has 152 valence electrons. The topological polar surface area (TPSA) is 94.0 Å². The van der Waals surface area contributed by atoms with Gasteiger partial charge in [0.05, 0.1) is 17.8 Å². The number of amidine groups is 1. The Morgan fingerprint density at radius 2 is 1.90 bits per heavy atom. The molecule has 0 aromatic heterocycles. The molecule has 1 heterocycles. The molecular weight excluding hydrogens is 389 g/mol. The van der Waals surface area contributed by atoms with Gasteiger partial charge >= 0.3 is 6.18 Å². The van der Waals surface area contributed by atoms with Crippen molar-refractivity contribution in [1.82, 2.24) is 10.6 Å². The van der Waals surface area contributed by atoms with Crippen LogP contribution in [0.2, 0.25) is 0 Å². The Morgan fingerprint density at radius 1 is 1.14 bits per heavy atom. The maximum absolute atomic E-state index is 12.8. The van der Waals surface area contributed by atoms with Crippen molar-refractivity contribution in [2.75, 3.05) is 18.1 Å². The zero-order chi connectivity index (χ0) is 21.0. The largest absolute Gasteiger partial charge is 0.508 e. The Morgan fingerprint density at radius 3 is 2.62 bits per heavy atom. The summed E-state index contributed by atoms with van der Waals surface area (Å²) in [6.07, 6.45) is -4.12. The first-order valence-corrected chi connectivity index (χ1v) is 8.62. The number of carbonyl (C=O) groups excluding carboxylic acids is 2. The lowest BCUT2D eigenvalue weighted by Gasteiger charge is -2.15. The van der Waals surface area contributed by atoms with Gasteiger partial charge in [0.2, 0.25) is 5.91 Å². The molecule has 3 rings (SSSR count). The number of nitrogens with zero attached hydrogens (tertiary/aromatic N) is 2. The predicted molar refractivity (Wildman–Crippen MR) is 99.4 cm³/mol. The van der Waals surface area contributed by atoms with Crippen LogP contribution in [0.5, 0.6) is 5.75 Å². The average molecular weight is 406 g/mol. The van der Waals surface area contributed by atoms with Crippen molar-refractivity contribution < 1.29 is 27.9 Å². The van der Waals surface area contributed by atoms with E-state index in [0.29, 0.717) is 18.8 Å². The van der Waals surface area contributed by atoms with Gasteiger partial charge in [0.1, 0.15) is 11.6 Å². The molecule has 2 aromatic carbocycles. The van der Waals surface area contributed by atoms with Crippen molar-refractivity contribution in [1.29, 1.82) is 0 Å². The van der Waals surface area contributed by atoms with Crippen LogP contribution in [-0.4, -0.2) is 35.8 Å². The van der Waals surface area contributed by atoms with Gasteiger partial charge in [-0.25, -0.2) is 0 Å². The fourth-order valence-corrected chi connectivity index (χ4v) is 2.69. The van der Waals surface area contributed by atoms with Crippen LogP contribution in [0.25, 0.3) is 0 Å². The van der Waals surface area contributed by atoms with Crippen LogP contribution in [0.3, 0.4) is 0 Å². The zero-order valence-electron chi connectivity index (χ0n) is 15.0. The first kappa shape index (κ1) is 20.2. The maximum atomic E-state index is 12.8. The molecule has 0 saturated carbocycles. The van der Waals surface area contributed by atoms with E-state index in [4.69, 9.17) is 0 Å². The summed E-state index contributed by atoms with van der Waals surface area (Å²) in [5.41, 5.74) is -0.315. The molecule has 1 aliphatic rings. The Labute approximate surface area is 163 Å². The molecule has 0 atom stereocenters. The van der Waals surface area contributed by atoms with Crippen LogP contribution in [0, 0.1) is 0 Å². The number of rotatable bonds is 4. The van der Waals surface area contributed by atoms with Crippen molar-refractivity contribution in [3.8, 4) is 5.75 Å². The molecule has 2 amide bonds. The molecule has 29 heavy (non-hydrogen) atoms. The van der Waals surface area contributed by atoms with E-state index < -0.39 is 23.6 Å². The Bertz CT molecular complexity index is 960. The quantitative estimate of drug-likeness (QED) is 0.727. The highest BCUT2D eigenvalue weighted by Crippen LogP contribution is 2.32. The van der Waals surface area contributed by atoms with Crippen LogP contribution in [0.1, 0.15) is 22.3 Å². The minimum Gasteiger partial charge on any atom is -0.508 e. The molecule has 3 N–H and O–H groups in total. The standard InChI is InChI=1S/C19H17F3N4O3/c20-19(21,22)13-4-2-5-14(10-13)26-8-7-16(25-26)24-17(28)11-23-18(29)12-3-1-6-15(27)9-12/h1-6,9-10,27H,7-8,11H2,(H,23,29)(H,24,25,28). The van der Waals surface area contributed by atoms with Crippen molar-refractivity contribution >= 4 is 23.3 Å². The lowest BCUT2D eigenvalue weighted by atomic mass is 10.2. The lowest BCUT2D eigenvalue weighted by molar-refractivity contribution is -0.137. The van der Waals surface area contributed by atoms with Crippen molar-refractivity contribution in [2.45, 2.75) is 12.6 Å². The molecule has 7 nitrogen and oxygen atoms in total. The average Bonchev–Trinajstić information content (AvgIpc) is 3.14. The number of benzene rings is 2. The third-order valence-electron chi connectivity index (χ3n) is 4.07. The summed E-state index contributed by atoms with van der Waals surface area (Å²) >= 11 is 0. The van der Waals surface area contributed by atoms with E-state index in [-0.39, 0.29) is 23.5 Å². The summed E-state index contributed by atoms with van der Waals surface area (Å²) in [6.45, 7) is -0.0103. The highest BCUT2D eigenvalue weighted by atomic mass is 19.4. The number of amides is 2. The number of phenolic OH excluding ortho intramolecular Hbond substituents is 1. The molecular formula is C19H17F3N4O3. The molecule has 1 aliphatic heterocycles. The third-order valence-corrected chi connectivity index (χ3v) is 4.07. The van der Waals surface area contributed by atoms with Gasteiger partial charge in [-0.15, -0.1) is 0 Å². The molecule has 0 saturated heterocycles. The molecule has 10 heteroatoms. The Kier molecular flexibility index (Phi) is 5.71. The number of hydrazone groups is 1. The number of nitrogens with one attached hydrogen (secondary N) is 2. The summed E-state index contributed by atoms with van der Waals surface area (Å²) < 4.78 is 38.5. The highest BCUT2D eigenvalue weighted by molar-refractivity contribution is 6.02. The smallest absolute Gasteiger partial charge is 0.416 e. The summed E-state index contributed by atoms with van der Waals surface area (Å²) in [4.78, 5) is 24.0. The van der Waals surface area contributed by atoms with Gasteiger partial charge in [-0.3, -0.25) is 14.6 Å². The van der Waals surface area contributed by atoms with Crippen LogP contribution in [-0.2, 0) is 11.0 Å². The van der Waals surface area contributed by atoms with E-state index >= 15 is 0 Å². The number of phenols is 1. The van der Waals surface area contributed by atoms with Crippen LogP contribution in [0.15, 0.2) is 53.6 Å². The molecule has 2 aromatic rings. The van der Waals surface area contributed by atoms with E-state index in [0.717, 1.165) is 12.1 Å². The normalized spacial score (nSPS) is 13.8. The van der Waals surface area contributed by atoms with Crippen LogP contribution < -0.4 is 15.6 Å². The van der Waals surface area contributed by atoms with E-state index in [1.165, 1.54) is 41.4 Å². The summed E-state index contributed by atoms with van der Waals surface area (Å²) in [5, 5.41) is 19.8. The minimum atomic E-state index is -4.45. The Hall–Kier alpha value is -3.56. The van der Waals surface area contributed by atoms with Crippen LogP contribution >= 0.6 is 0 Å². The number of carbonyl (C=O) groups is 2. The van der Waals surface area contributed by atoms with Gasteiger partial charge in [-0.1, -0.05) is 12.1 Å². The third kappa shape index (κ3) is 5.24. The summed E-state index contributed by atoms with van der Waals surface area (Å²) in [5.74, 6) is -0.839. The number of anilines is 1. The first-order chi connectivity index (χ1) is 13.7. The highest BCUT2D eigenvalue weighted by Gasteiger charge is 2.31. The number of alkyl halides is 3. The molecule has 0 radical (unpaired) electrons. The molecule has 0 spiro atoms. The summed E-state index contributed by atoms with van der Waals surface area (Å²) in [6, 6.07) is 10.4.